The Hall–Kier alpha value is -1.08. The predicted octanol–water partition coefficient (Wildman–Crippen LogP) is 4.74. The van der Waals surface area contributed by atoms with Crippen molar-refractivity contribution in [1.29, 1.82) is 0 Å². The molecule has 2 rings (SSSR count). The zero-order valence-corrected chi connectivity index (χ0v) is 12.7. The van der Waals surface area contributed by atoms with Crippen LogP contribution in [0.5, 0.6) is 0 Å². The third-order valence-electron chi connectivity index (χ3n) is 2.71. The van der Waals surface area contributed by atoms with E-state index in [1.165, 1.54) is 23.0 Å². The molecule has 0 aliphatic heterocycles. The highest BCUT2D eigenvalue weighted by Gasteiger charge is 2.33. The summed E-state index contributed by atoms with van der Waals surface area (Å²) in [6.07, 6.45) is -2.24. The van der Waals surface area contributed by atoms with Crippen LogP contribution in [0.3, 0.4) is 0 Å². The minimum absolute atomic E-state index is 0.0159. The summed E-state index contributed by atoms with van der Waals surface area (Å²) in [6.45, 7) is 1.89. The lowest BCUT2D eigenvalue weighted by Gasteiger charge is -2.10. The van der Waals surface area contributed by atoms with Crippen LogP contribution in [0.4, 0.5) is 13.2 Å². The molecule has 8 heteroatoms. The van der Waals surface area contributed by atoms with E-state index >= 15 is 0 Å². The minimum atomic E-state index is -4.43. The summed E-state index contributed by atoms with van der Waals surface area (Å²) in [5.41, 5.74) is 0.0508. The van der Waals surface area contributed by atoms with Crippen LogP contribution >= 0.6 is 27.5 Å². The van der Waals surface area contributed by atoms with Gasteiger partial charge in [-0.25, -0.2) is 4.68 Å². The van der Waals surface area contributed by atoms with E-state index in [-0.39, 0.29) is 15.5 Å². The molecule has 0 amide bonds. The van der Waals surface area contributed by atoms with E-state index in [1.807, 2.05) is 6.92 Å². The predicted molar refractivity (Wildman–Crippen MR) is 72.9 cm³/mol. The van der Waals surface area contributed by atoms with Crippen molar-refractivity contribution in [3.63, 3.8) is 0 Å². The summed E-state index contributed by atoms with van der Waals surface area (Å²) in [5.74, 6) is 0. The number of hydrogen-bond donors (Lipinski definition) is 0. The number of halogens is 5. The van der Waals surface area contributed by atoms with Crippen LogP contribution in [-0.2, 0) is 6.18 Å². The van der Waals surface area contributed by atoms with Gasteiger partial charge in [-0.15, -0.1) is 16.7 Å². The largest absolute Gasteiger partial charge is 0.417 e. The Balaban J connectivity index is 2.41. The second-order valence-electron chi connectivity index (χ2n) is 4.13. The summed E-state index contributed by atoms with van der Waals surface area (Å²) in [4.78, 5) is 0. The normalized spacial score (nSPS) is 13.5. The summed E-state index contributed by atoms with van der Waals surface area (Å²) >= 11 is 8.91. The Morgan fingerprint density at radius 1 is 1.40 bits per heavy atom. The SMILES string of the molecule is CCC(Cl)c1cn(-c2ccc(Br)c(C(F)(F)F)c2)nn1. The molecule has 1 aromatic heterocycles. The molecule has 1 atom stereocenters. The Morgan fingerprint density at radius 2 is 2.10 bits per heavy atom. The van der Waals surface area contributed by atoms with Crippen molar-refractivity contribution in [2.75, 3.05) is 0 Å². The van der Waals surface area contributed by atoms with E-state index in [4.69, 9.17) is 11.6 Å². The minimum Gasteiger partial charge on any atom is -0.220 e. The van der Waals surface area contributed by atoms with E-state index in [0.29, 0.717) is 12.1 Å². The zero-order valence-electron chi connectivity index (χ0n) is 10.3. The fourth-order valence-electron chi connectivity index (χ4n) is 1.63. The number of rotatable bonds is 3. The van der Waals surface area contributed by atoms with Crippen molar-refractivity contribution in [3.05, 3.63) is 40.1 Å². The summed E-state index contributed by atoms with van der Waals surface area (Å²) in [7, 11) is 0. The molecule has 0 spiro atoms. The van der Waals surface area contributed by atoms with E-state index in [0.717, 1.165) is 6.07 Å². The number of alkyl halides is 4. The van der Waals surface area contributed by atoms with Gasteiger partial charge in [0.25, 0.3) is 0 Å². The fraction of sp³-hybridized carbons (Fsp3) is 0.333. The van der Waals surface area contributed by atoms with Crippen molar-refractivity contribution in [2.45, 2.75) is 24.9 Å². The summed E-state index contributed by atoms with van der Waals surface area (Å²) < 4.78 is 39.8. The number of benzene rings is 1. The Kier molecular flexibility index (Phi) is 4.39. The number of nitrogens with zero attached hydrogens (tertiary/aromatic N) is 3. The molecule has 0 aliphatic carbocycles. The van der Waals surface area contributed by atoms with Crippen molar-refractivity contribution < 1.29 is 13.2 Å². The summed E-state index contributed by atoms with van der Waals surface area (Å²) in [5, 5.41) is 7.37. The van der Waals surface area contributed by atoms with Crippen LogP contribution < -0.4 is 0 Å². The van der Waals surface area contributed by atoms with Crippen molar-refractivity contribution in [1.82, 2.24) is 15.0 Å². The van der Waals surface area contributed by atoms with Gasteiger partial charge < -0.3 is 0 Å². The van der Waals surface area contributed by atoms with Gasteiger partial charge in [0.1, 0.15) is 5.69 Å². The van der Waals surface area contributed by atoms with Crippen LogP contribution in [-0.4, -0.2) is 15.0 Å². The molecule has 0 bridgehead atoms. The van der Waals surface area contributed by atoms with Gasteiger partial charge in [-0.1, -0.05) is 28.1 Å². The highest BCUT2D eigenvalue weighted by molar-refractivity contribution is 9.10. The Labute approximate surface area is 126 Å². The van der Waals surface area contributed by atoms with Gasteiger partial charge in [0.05, 0.1) is 22.8 Å². The number of aromatic nitrogens is 3. The molecule has 1 heterocycles. The smallest absolute Gasteiger partial charge is 0.220 e. The molecule has 0 N–H and O–H groups in total. The van der Waals surface area contributed by atoms with Gasteiger partial charge in [0.2, 0.25) is 0 Å². The topological polar surface area (TPSA) is 30.7 Å². The Morgan fingerprint density at radius 3 is 2.70 bits per heavy atom. The average Bonchev–Trinajstić information content (AvgIpc) is 2.86. The van der Waals surface area contributed by atoms with Gasteiger partial charge in [-0.3, -0.25) is 0 Å². The van der Waals surface area contributed by atoms with Gasteiger partial charge >= 0.3 is 6.18 Å². The standard InChI is InChI=1S/C12H10BrClF3N3/c1-2-10(14)11-6-20(19-18-11)7-3-4-9(13)8(5-7)12(15,16)17/h3-6,10H,2H2,1H3. The molecule has 0 fully saturated rings. The second kappa shape index (κ2) is 5.73. The van der Waals surface area contributed by atoms with Gasteiger partial charge in [-0.05, 0) is 24.6 Å². The average molecular weight is 369 g/mol. The van der Waals surface area contributed by atoms with Crippen LogP contribution in [0, 0.1) is 0 Å². The maximum absolute atomic E-state index is 12.8. The highest BCUT2D eigenvalue weighted by atomic mass is 79.9. The van der Waals surface area contributed by atoms with Crippen LogP contribution in [0.1, 0.15) is 30.0 Å². The van der Waals surface area contributed by atoms with Crippen LogP contribution in [0.25, 0.3) is 5.69 Å². The molecule has 2 aromatic rings. The first-order chi connectivity index (χ1) is 9.32. The lowest BCUT2D eigenvalue weighted by atomic mass is 10.2. The lowest BCUT2D eigenvalue weighted by molar-refractivity contribution is -0.138. The van der Waals surface area contributed by atoms with E-state index in [1.54, 1.807) is 0 Å². The first kappa shape index (κ1) is 15.3. The van der Waals surface area contributed by atoms with Crippen molar-refractivity contribution in [2.24, 2.45) is 0 Å². The molecule has 0 saturated carbocycles. The Bertz CT molecular complexity index is 612. The number of hydrogen-bond acceptors (Lipinski definition) is 2. The van der Waals surface area contributed by atoms with E-state index in [9.17, 15) is 13.2 Å². The second-order valence-corrected chi connectivity index (χ2v) is 5.51. The van der Waals surface area contributed by atoms with Crippen LogP contribution in [0.2, 0.25) is 0 Å². The monoisotopic (exact) mass is 367 g/mol. The molecule has 108 valence electrons. The maximum Gasteiger partial charge on any atom is 0.417 e. The van der Waals surface area contributed by atoms with Gasteiger partial charge in [0.15, 0.2) is 0 Å². The first-order valence-electron chi connectivity index (χ1n) is 5.76. The molecular formula is C12H10BrClF3N3. The molecule has 0 aliphatic rings. The first-order valence-corrected chi connectivity index (χ1v) is 6.99. The zero-order chi connectivity index (χ0) is 14.9. The fourth-order valence-corrected chi connectivity index (χ4v) is 2.20. The molecule has 1 aromatic carbocycles. The molecular weight excluding hydrogens is 359 g/mol. The maximum atomic E-state index is 12.8. The quantitative estimate of drug-likeness (QED) is 0.733. The molecule has 20 heavy (non-hydrogen) atoms. The lowest BCUT2D eigenvalue weighted by Crippen LogP contribution is -2.07. The summed E-state index contributed by atoms with van der Waals surface area (Å²) in [6, 6.07) is 3.86. The van der Waals surface area contributed by atoms with Gasteiger partial charge in [-0.2, -0.15) is 13.2 Å². The highest BCUT2D eigenvalue weighted by Crippen LogP contribution is 2.36. The third kappa shape index (κ3) is 3.15. The van der Waals surface area contributed by atoms with Crippen LogP contribution in [0.15, 0.2) is 28.9 Å². The molecule has 1 unspecified atom stereocenters. The third-order valence-corrected chi connectivity index (χ3v) is 3.93. The van der Waals surface area contributed by atoms with E-state index in [2.05, 4.69) is 26.2 Å². The van der Waals surface area contributed by atoms with E-state index < -0.39 is 11.7 Å². The molecule has 3 nitrogen and oxygen atoms in total. The molecule has 0 saturated heterocycles. The van der Waals surface area contributed by atoms with Crippen molar-refractivity contribution in [3.8, 4) is 5.69 Å². The van der Waals surface area contributed by atoms with Gasteiger partial charge in [0, 0.05) is 4.47 Å². The molecule has 0 radical (unpaired) electrons. The van der Waals surface area contributed by atoms with Crippen molar-refractivity contribution >= 4 is 27.5 Å².